The van der Waals surface area contributed by atoms with E-state index in [4.69, 9.17) is 16.0 Å². The molecule has 0 aliphatic heterocycles. The summed E-state index contributed by atoms with van der Waals surface area (Å²) in [5, 5.41) is 0.607. The van der Waals surface area contributed by atoms with Crippen LogP contribution in [0.25, 0.3) is 0 Å². The van der Waals surface area contributed by atoms with E-state index in [-0.39, 0.29) is 5.91 Å². The minimum Gasteiger partial charge on any atom is -0.467 e. The smallest absolute Gasteiger partial charge is 0.258 e. The predicted molar refractivity (Wildman–Crippen MR) is 96.6 cm³/mol. The van der Waals surface area contributed by atoms with Gasteiger partial charge in [0.25, 0.3) is 5.91 Å². The zero-order valence-corrected chi connectivity index (χ0v) is 14.4. The lowest BCUT2D eigenvalue weighted by Crippen LogP contribution is -2.30. The fraction of sp³-hybridized carbons (Fsp3) is 0.150. The summed E-state index contributed by atoms with van der Waals surface area (Å²) in [6.45, 7) is 4.46. The van der Waals surface area contributed by atoms with Gasteiger partial charge < -0.3 is 9.32 Å². The second kappa shape index (κ2) is 6.93. The van der Waals surface area contributed by atoms with Crippen LogP contribution in [0.2, 0.25) is 5.02 Å². The monoisotopic (exact) mass is 339 g/mol. The van der Waals surface area contributed by atoms with Crippen LogP contribution in [-0.4, -0.2) is 5.91 Å². The molecule has 3 aromatic rings. The molecule has 0 spiro atoms. The molecule has 4 heteroatoms. The van der Waals surface area contributed by atoms with E-state index in [1.54, 1.807) is 35.4 Å². The van der Waals surface area contributed by atoms with Gasteiger partial charge in [-0.1, -0.05) is 17.7 Å². The van der Waals surface area contributed by atoms with Crippen molar-refractivity contribution in [1.82, 2.24) is 0 Å². The van der Waals surface area contributed by atoms with E-state index in [0.29, 0.717) is 17.1 Å². The van der Waals surface area contributed by atoms with Crippen LogP contribution in [-0.2, 0) is 6.54 Å². The summed E-state index contributed by atoms with van der Waals surface area (Å²) >= 11 is 5.93. The van der Waals surface area contributed by atoms with Crippen LogP contribution in [0.3, 0.4) is 0 Å². The second-order valence-electron chi connectivity index (χ2n) is 5.75. The van der Waals surface area contributed by atoms with Crippen molar-refractivity contribution < 1.29 is 9.21 Å². The number of benzene rings is 2. The molecule has 0 atom stereocenters. The first kappa shape index (κ1) is 16.3. The number of nitrogens with zero attached hydrogens (tertiary/aromatic N) is 1. The number of hydrogen-bond donors (Lipinski definition) is 0. The fourth-order valence-electron chi connectivity index (χ4n) is 2.48. The minimum atomic E-state index is -0.0914. The molecule has 2 aromatic carbocycles. The zero-order valence-electron chi connectivity index (χ0n) is 13.6. The van der Waals surface area contributed by atoms with E-state index in [1.165, 1.54) is 5.56 Å². The lowest BCUT2D eigenvalue weighted by Gasteiger charge is -2.23. The third-order valence-corrected chi connectivity index (χ3v) is 4.28. The van der Waals surface area contributed by atoms with E-state index in [0.717, 1.165) is 17.0 Å². The largest absolute Gasteiger partial charge is 0.467 e. The second-order valence-corrected chi connectivity index (χ2v) is 6.18. The molecule has 1 amide bonds. The van der Waals surface area contributed by atoms with Gasteiger partial charge in [0.1, 0.15) is 5.76 Å². The third-order valence-electron chi connectivity index (χ3n) is 4.03. The molecule has 0 unspecified atom stereocenters. The molecule has 0 saturated carbocycles. The fourth-order valence-corrected chi connectivity index (χ4v) is 2.61. The van der Waals surface area contributed by atoms with Crippen molar-refractivity contribution in [3.8, 4) is 0 Å². The molecule has 1 heterocycles. The van der Waals surface area contributed by atoms with Gasteiger partial charge in [-0.05, 0) is 73.5 Å². The van der Waals surface area contributed by atoms with E-state index >= 15 is 0 Å². The van der Waals surface area contributed by atoms with Crippen molar-refractivity contribution >= 4 is 23.2 Å². The molecule has 122 valence electrons. The maximum absolute atomic E-state index is 13.0. The number of rotatable bonds is 4. The molecule has 24 heavy (non-hydrogen) atoms. The van der Waals surface area contributed by atoms with Crippen molar-refractivity contribution in [2.45, 2.75) is 20.4 Å². The van der Waals surface area contributed by atoms with Crippen LogP contribution >= 0.6 is 11.6 Å². The Morgan fingerprint density at radius 1 is 1.04 bits per heavy atom. The summed E-state index contributed by atoms with van der Waals surface area (Å²) in [6, 6.07) is 16.6. The van der Waals surface area contributed by atoms with Gasteiger partial charge in [-0.25, -0.2) is 0 Å². The zero-order chi connectivity index (χ0) is 17.1. The molecule has 0 N–H and O–H groups in total. The number of hydrogen-bond acceptors (Lipinski definition) is 2. The van der Waals surface area contributed by atoms with E-state index in [2.05, 4.69) is 6.92 Å². The van der Waals surface area contributed by atoms with Gasteiger partial charge in [0, 0.05) is 16.3 Å². The van der Waals surface area contributed by atoms with Gasteiger partial charge in [-0.15, -0.1) is 0 Å². The Hall–Kier alpha value is -2.52. The molecular formula is C20H18ClNO2. The van der Waals surface area contributed by atoms with Crippen molar-refractivity contribution in [2.24, 2.45) is 0 Å². The van der Waals surface area contributed by atoms with E-state index in [9.17, 15) is 4.79 Å². The van der Waals surface area contributed by atoms with Gasteiger partial charge in [0.05, 0.1) is 12.8 Å². The van der Waals surface area contributed by atoms with Gasteiger partial charge in [-0.3, -0.25) is 4.79 Å². The summed E-state index contributed by atoms with van der Waals surface area (Å²) in [5.41, 5.74) is 3.76. The molecule has 0 fully saturated rings. The summed E-state index contributed by atoms with van der Waals surface area (Å²) in [7, 11) is 0. The molecule has 0 radical (unpaired) electrons. The number of anilines is 1. The molecule has 0 aliphatic rings. The quantitative estimate of drug-likeness (QED) is 0.638. The number of carbonyl (C=O) groups is 1. The van der Waals surface area contributed by atoms with E-state index in [1.807, 2.05) is 37.3 Å². The van der Waals surface area contributed by atoms with E-state index < -0.39 is 0 Å². The SMILES string of the molecule is Cc1ccc(N(Cc2ccco2)C(=O)c2ccc(Cl)cc2)cc1C. The van der Waals surface area contributed by atoms with Gasteiger partial charge in [0.15, 0.2) is 0 Å². The average Bonchev–Trinajstić information content (AvgIpc) is 3.09. The van der Waals surface area contributed by atoms with Gasteiger partial charge in [-0.2, -0.15) is 0 Å². The van der Waals surface area contributed by atoms with Crippen molar-refractivity contribution in [3.05, 3.63) is 88.3 Å². The van der Waals surface area contributed by atoms with Crippen molar-refractivity contribution in [2.75, 3.05) is 4.90 Å². The van der Waals surface area contributed by atoms with Gasteiger partial charge >= 0.3 is 0 Å². The highest BCUT2D eigenvalue weighted by Gasteiger charge is 2.19. The van der Waals surface area contributed by atoms with Crippen LogP contribution in [0.5, 0.6) is 0 Å². The summed E-state index contributed by atoms with van der Waals surface area (Å²) < 4.78 is 5.43. The normalized spacial score (nSPS) is 10.6. The first-order valence-corrected chi connectivity index (χ1v) is 8.09. The maximum Gasteiger partial charge on any atom is 0.258 e. The highest BCUT2D eigenvalue weighted by atomic mass is 35.5. The highest BCUT2D eigenvalue weighted by molar-refractivity contribution is 6.30. The lowest BCUT2D eigenvalue weighted by atomic mass is 10.1. The van der Waals surface area contributed by atoms with Crippen LogP contribution in [0.15, 0.2) is 65.3 Å². The Labute approximate surface area is 146 Å². The van der Waals surface area contributed by atoms with Crippen LogP contribution in [0, 0.1) is 13.8 Å². The standard InChI is InChI=1S/C20H18ClNO2/c1-14-5-10-18(12-15(14)2)22(13-19-4-3-11-24-19)20(23)16-6-8-17(21)9-7-16/h3-12H,13H2,1-2H3. The Kier molecular flexibility index (Phi) is 4.72. The minimum absolute atomic E-state index is 0.0914. The molecule has 0 aliphatic carbocycles. The molecule has 0 saturated heterocycles. The molecule has 3 rings (SSSR count). The number of amides is 1. The van der Waals surface area contributed by atoms with Crippen molar-refractivity contribution in [3.63, 3.8) is 0 Å². The number of carbonyl (C=O) groups excluding carboxylic acids is 1. The Bertz CT molecular complexity index is 839. The Balaban J connectivity index is 1.98. The van der Waals surface area contributed by atoms with Gasteiger partial charge in [0.2, 0.25) is 0 Å². The number of furan rings is 1. The Morgan fingerprint density at radius 3 is 2.42 bits per heavy atom. The molecule has 0 bridgehead atoms. The molecule has 1 aromatic heterocycles. The summed E-state index contributed by atoms with van der Waals surface area (Å²) in [5.74, 6) is 0.641. The maximum atomic E-state index is 13.0. The number of aryl methyl sites for hydroxylation is 2. The third kappa shape index (κ3) is 3.52. The average molecular weight is 340 g/mol. The first-order chi connectivity index (χ1) is 11.5. The Morgan fingerprint density at radius 2 is 1.79 bits per heavy atom. The summed E-state index contributed by atoms with van der Waals surface area (Å²) in [4.78, 5) is 14.7. The first-order valence-electron chi connectivity index (χ1n) is 7.71. The highest BCUT2D eigenvalue weighted by Crippen LogP contribution is 2.24. The van der Waals surface area contributed by atoms with Crippen molar-refractivity contribution in [1.29, 1.82) is 0 Å². The summed E-state index contributed by atoms with van der Waals surface area (Å²) in [6.07, 6.45) is 1.61. The predicted octanol–water partition coefficient (Wildman–Crippen LogP) is 5.40. The van der Waals surface area contributed by atoms with Crippen LogP contribution in [0.1, 0.15) is 27.2 Å². The van der Waals surface area contributed by atoms with Crippen LogP contribution in [0.4, 0.5) is 5.69 Å². The molecular weight excluding hydrogens is 322 g/mol. The van der Waals surface area contributed by atoms with Crippen LogP contribution < -0.4 is 4.90 Å². The number of halogens is 1. The molecule has 3 nitrogen and oxygen atoms in total. The topological polar surface area (TPSA) is 33.5 Å². The lowest BCUT2D eigenvalue weighted by molar-refractivity contribution is 0.0983.